The second kappa shape index (κ2) is 17.1. The first-order valence-electron chi connectivity index (χ1n) is 17.4. The normalized spacial score (nSPS) is 18.0. The highest BCUT2D eigenvalue weighted by molar-refractivity contribution is 6.37. The first-order chi connectivity index (χ1) is 24.6. The molecular weight excluding hydrogens is 713 g/mol. The minimum absolute atomic E-state index is 0.0445. The lowest BCUT2D eigenvalue weighted by Gasteiger charge is -2.33. The highest BCUT2D eigenvalue weighted by Crippen LogP contribution is 2.38. The van der Waals surface area contributed by atoms with Gasteiger partial charge in [0, 0.05) is 36.2 Å². The lowest BCUT2D eigenvalue weighted by atomic mass is 9.88. The predicted octanol–water partition coefficient (Wildman–Crippen LogP) is 7.32. The molecular formula is C39H44Cl3N3O6. The number of methoxy groups -OCH3 is 1. The Hall–Kier alpha value is -3.15. The van der Waals surface area contributed by atoms with Crippen molar-refractivity contribution < 1.29 is 28.5 Å². The van der Waals surface area contributed by atoms with Crippen LogP contribution in [0.25, 0.3) is 5.57 Å². The molecule has 2 aliphatic carbocycles. The molecule has 0 radical (unpaired) electrons. The number of ketones is 1. The first kappa shape index (κ1) is 37.6. The summed E-state index contributed by atoms with van der Waals surface area (Å²) in [5.74, 6) is 1.13. The molecule has 0 spiro atoms. The van der Waals surface area contributed by atoms with E-state index in [4.69, 9.17) is 59.5 Å². The molecule has 12 heteroatoms. The summed E-state index contributed by atoms with van der Waals surface area (Å²) in [7, 11) is 1.57. The number of ether oxygens (including phenoxy) is 4. The van der Waals surface area contributed by atoms with Crippen molar-refractivity contribution in [2.24, 2.45) is 11.7 Å². The molecule has 1 heterocycles. The van der Waals surface area contributed by atoms with Gasteiger partial charge in [0.2, 0.25) is 0 Å². The van der Waals surface area contributed by atoms with Crippen molar-refractivity contribution in [1.29, 1.82) is 0 Å². The molecule has 2 atom stereocenters. The van der Waals surface area contributed by atoms with E-state index in [0.717, 1.165) is 53.5 Å². The minimum Gasteiger partial charge on any atom is -0.490 e. The largest absolute Gasteiger partial charge is 0.490 e. The summed E-state index contributed by atoms with van der Waals surface area (Å²) in [5.41, 5.74) is 11.4. The summed E-state index contributed by atoms with van der Waals surface area (Å²) < 4.78 is 22.7. The fourth-order valence-electron chi connectivity index (χ4n) is 6.45. The van der Waals surface area contributed by atoms with E-state index in [1.807, 2.05) is 48.2 Å². The van der Waals surface area contributed by atoms with Crippen molar-refractivity contribution in [1.82, 2.24) is 10.2 Å². The van der Waals surface area contributed by atoms with Crippen molar-refractivity contribution in [3.05, 3.63) is 97.5 Å². The van der Waals surface area contributed by atoms with Gasteiger partial charge in [-0.1, -0.05) is 59.1 Å². The van der Waals surface area contributed by atoms with Crippen LogP contribution < -0.4 is 20.5 Å². The molecule has 0 aromatic heterocycles. The van der Waals surface area contributed by atoms with Crippen LogP contribution in [-0.4, -0.2) is 68.9 Å². The molecule has 0 saturated heterocycles. The Bertz CT molecular complexity index is 1740. The minimum atomic E-state index is -0.706. The van der Waals surface area contributed by atoms with E-state index >= 15 is 0 Å². The van der Waals surface area contributed by atoms with Crippen LogP contribution in [0.3, 0.4) is 0 Å². The third-order valence-corrected chi connectivity index (χ3v) is 10.3. The average Bonchev–Trinajstić information content (AvgIpc) is 4.05. The van der Waals surface area contributed by atoms with Crippen molar-refractivity contribution in [3.63, 3.8) is 0 Å². The summed E-state index contributed by atoms with van der Waals surface area (Å²) in [6, 6.07) is 15.8. The molecule has 3 aromatic rings. The maximum absolute atomic E-state index is 14.7. The Morgan fingerprint density at radius 2 is 1.65 bits per heavy atom. The Kier molecular flexibility index (Phi) is 12.6. The van der Waals surface area contributed by atoms with Gasteiger partial charge in [-0.25, -0.2) is 0 Å². The molecule has 6 rings (SSSR count). The number of Topliss-reactive ketones (excluding diaryl/α,β-unsaturated/α-hetero) is 1. The quantitative estimate of drug-likeness (QED) is 0.109. The van der Waals surface area contributed by atoms with Gasteiger partial charge in [0.1, 0.15) is 25.8 Å². The number of nitrogens with zero attached hydrogens (tertiary/aromatic N) is 1. The SMILES string of the molecule is COCOC[C@H]1NCCC(c2ccc(OCCOc3c(Cl)cc(C)cc3Cl)cc2)=C1C(=O)N(Cc1cc(C(N)C(=O)C2CC2)ccc1Cl)C1CC1. The van der Waals surface area contributed by atoms with Crippen LogP contribution in [0.5, 0.6) is 11.5 Å². The van der Waals surface area contributed by atoms with Gasteiger partial charge in [-0.2, -0.15) is 0 Å². The molecule has 51 heavy (non-hydrogen) atoms. The lowest BCUT2D eigenvalue weighted by Crippen LogP contribution is -2.47. The summed E-state index contributed by atoms with van der Waals surface area (Å²) in [6.07, 6.45) is 4.24. The molecule has 1 amide bonds. The molecule has 9 nitrogen and oxygen atoms in total. The summed E-state index contributed by atoms with van der Waals surface area (Å²) >= 11 is 19.3. The number of hydrogen-bond donors (Lipinski definition) is 2. The van der Waals surface area contributed by atoms with Gasteiger partial charge in [-0.3, -0.25) is 9.59 Å². The fourth-order valence-corrected chi connectivity index (χ4v) is 7.34. The summed E-state index contributed by atoms with van der Waals surface area (Å²) in [4.78, 5) is 29.4. The van der Waals surface area contributed by atoms with Crippen LogP contribution in [0.1, 0.15) is 60.4 Å². The second-order valence-electron chi connectivity index (χ2n) is 13.4. The van der Waals surface area contributed by atoms with Gasteiger partial charge >= 0.3 is 0 Å². The molecule has 1 unspecified atom stereocenters. The van der Waals surface area contributed by atoms with Crippen LogP contribution in [0, 0.1) is 12.8 Å². The van der Waals surface area contributed by atoms with Gasteiger partial charge in [0.05, 0.1) is 28.7 Å². The number of carbonyl (C=O) groups excluding carboxylic acids is 2. The predicted molar refractivity (Wildman–Crippen MR) is 199 cm³/mol. The third kappa shape index (κ3) is 9.45. The van der Waals surface area contributed by atoms with Gasteiger partial charge in [0.25, 0.3) is 5.91 Å². The Balaban J connectivity index is 1.21. The van der Waals surface area contributed by atoms with Crippen LogP contribution >= 0.6 is 34.8 Å². The molecule has 3 aromatic carbocycles. The number of rotatable bonds is 17. The van der Waals surface area contributed by atoms with Crippen LogP contribution in [0.15, 0.2) is 60.2 Å². The molecule has 3 N–H and O–H groups in total. The Morgan fingerprint density at radius 1 is 0.941 bits per heavy atom. The highest BCUT2D eigenvalue weighted by Gasteiger charge is 2.39. The van der Waals surface area contributed by atoms with Crippen LogP contribution in [0.2, 0.25) is 15.1 Å². The van der Waals surface area contributed by atoms with Crippen molar-refractivity contribution >= 4 is 52.1 Å². The molecule has 0 bridgehead atoms. The van der Waals surface area contributed by atoms with E-state index in [0.29, 0.717) is 51.7 Å². The first-order valence-corrected chi connectivity index (χ1v) is 18.5. The highest BCUT2D eigenvalue weighted by atomic mass is 35.5. The standard InChI is InChI=1S/C39H44Cl3N3O6/c1-23-17-32(41)38(33(42)18-23)51-16-15-50-29-10-5-24(6-11-29)30-13-14-44-34(21-49-22-48-2)35(30)39(47)45(28-8-9-28)20-27-19-26(7-12-31(27)40)36(43)37(46)25-3-4-25/h5-7,10-12,17-19,25,28,34,36,44H,3-4,8-9,13-16,20-22,43H2,1-2H3/t34-,36?/m1/s1. The number of carbonyl (C=O) groups is 2. The Labute approximate surface area is 314 Å². The molecule has 3 aliphatic rings. The van der Waals surface area contributed by atoms with Crippen molar-refractivity contribution in [2.75, 3.05) is 40.3 Å². The molecule has 2 fully saturated rings. The van der Waals surface area contributed by atoms with Crippen molar-refractivity contribution in [3.8, 4) is 11.5 Å². The summed E-state index contributed by atoms with van der Waals surface area (Å²) in [6.45, 7) is 3.82. The van der Waals surface area contributed by atoms with E-state index < -0.39 is 6.04 Å². The zero-order valence-corrected chi connectivity index (χ0v) is 31.2. The maximum atomic E-state index is 14.7. The number of hydrogen-bond acceptors (Lipinski definition) is 8. The number of aryl methyl sites for hydroxylation is 1. The molecule has 2 saturated carbocycles. The van der Waals surface area contributed by atoms with Gasteiger partial charge in [-0.05, 0) is 104 Å². The van der Waals surface area contributed by atoms with E-state index in [2.05, 4.69) is 5.32 Å². The van der Waals surface area contributed by atoms with Gasteiger partial charge in [-0.15, -0.1) is 0 Å². The zero-order chi connectivity index (χ0) is 36.1. The zero-order valence-electron chi connectivity index (χ0n) is 28.9. The monoisotopic (exact) mass is 755 g/mol. The van der Waals surface area contributed by atoms with E-state index in [9.17, 15) is 9.59 Å². The van der Waals surface area contributed by atoms with Crippen LogP contribution in [-0.2, 0) is 25.6 Å². The number of nitrogens with one attached hydrogen (secondary N) is 1. The fraction of sp³-hybridized carbons (Fsp3) is 0.436. The van der Waals surface area contributed by atoms with E-state index in [-0.39, 0.29) is 56.3 Å². The number of benzene rings is 3. The number of amides is 1. The van der Waals surface area contributed by atoms with Crippen LogP contribution in [0.4, 0.5) is 0 Å². The lowest BCUT2D eigenvalue weighted by molar-refractivity contribution is -0.129. The maximum Gasteiger partial charge on any atom is 0.252 e. The average molecular weight is 757 g/mol. The van der Waals surface area contributed by atoms with E-state index in [1.165, 1.54) is 0 Å². The number of halogens is 3. The molecule has 272 valence electrons. The van der Waals surface area contributed by atoms with E-state index in [1.54, 1.807) is 25.3 Å². The Morgan fingerprint density at radius 3 is 2.31 bits per heavy atom. The second-order valence-corrected chi connectivity index (χ2v) is 14.6. The van der Waals surface area contributed by atoms with Gasteiger partial charge < -0.3 is 34.9 Å². The smallest absolute Gasteiger partial charge is 0.252 e. The topological polar surface area (TPSA) is 112 Å². The number of nitrogens with two attached hydrogens (primary N) is 1. The van der Waals surface area contributed by atoms with Crippen molar-refractivity contribution in [2.45, 2.75) is 63.7 Å². The third-order valence-electron chi connectivity index (χ3n) is 9.40. The molecule has 1 aliphatic heterocycles. The summed E-state index contributed by atoms with van der Waals surface area (Å²) in [5, 5.41) is 4.94. The van der Waals surface area contributed by atoms with Gasteiger partial charge in [0.15, 0.2) is 11.5 Å².